The van der Waals surface area contributed by atoms with Crippen molar-refractivity contribution >= 4 is 16.8 Å². The van der Waals surface area contributed by atoms with Crippen molar-refractivity contribution in [3.63, 3.8) is 0 Å². The van der Waals surface area contributed by atoms with Crippen LogP contribution < -0.4 is 0 Å². The average Bonchev–Trinajstić information content (AvgIpc) is 2.68. The van der Waals surface area contributed by atoms with Gasteiger partial charge in [-0.3, -0.25) is 4.79 Å². The van der Waals surface area contributed by atoms with Gasteiger partial charge in [0.05, 0.1) is 0 Å². The van der Waals surface area contributed by atoms with Gasteiger partial charge in [0, 0.05) is 21.8 Å². The van der Waals surface area contributed by atoms with E-state index in [-0.39, 0.29) is 16.6 Å². The Hall–Kier alpha value is -1.57. The second-order valence-electron chi connectivity index (χ2n) is 7.19. The van der Waals surface area contributed by atoms with Gasteiger partial charge in [-0.2, -0.15) is 0 Å². The first kappa shape index (κ1) is 13.9. The topological polar surface area (TPSA) is 30.2 Å². The van der Waals surface area contributed by atoms with Crippen LogP contribution in [0.2, 0.25) is 0 Å². The maximum absolute atomic E-state index is 12.3. The molecule has 0 fully saturated rings. The highest BCUT2D eigenvalue weighted by atomic mass is 16.3. The Morgan fingerprint density at radius 2 is 1.63 bits per heavy atom. The molecule has 2 aromatic rings. The smallest absolute Gasteiger partial charge is 0.168 e. The van der Waals surface area contributed by atoms with Crippen molar-refractivity contribution in [2.75, 3.05) is 0 Å². The fraction of sp³-hybridized carbons (Fsp3) is 0.471. The lowest BCUT2D eigenvalue weighted by molar-refractivity contribution is 0.0858. The van der Waals surface area contributed by atoms with Crippen LogP contribution in [0.15, 0.2) is 28.7 Å². The van der Waals surface area contributed by atoms with E-state index >= 15 is 0 Å². The van der Waals surface area contributed by atoms with E-state index in [2.05, 4.69) is 20.8 Å². The van der Waals surface area contributed by atoms with Crippen LogP contribution in [0.1, 0.15) is 57.7 Å². The minimum atomic E-state index is -0.357. The number of Topliss-reactive ketones (excluding diaryl/α,β-unsaturated/α-hetero) is 1. The zero-order valence-corrected chi connectivity index (χ0v) is 12.6. The van der Waals surface area contributed by atoms with Crippen LogP contribution in [0, 0.1) is 5.41 Å². The lowest BCUT2D eigenvalue weighted by Crippen LogP contribution is -2.19. The number of rotatable bonds is 1. The normalized spacial score (nSPS) is 12.9. The molecular formula is C17H22O2. The molecule has 0 aliphatic carbocycles. The summed E-state index contributed by atoms with van der Waals surface area (Å²) in [5.41, 5.74) is 1.22. The van der Waals surface area contributed by atoms with Crippen LogP contribution in [-0.4, -0.2) is 5.78 Å². The molecule has 0 saturated heterocycles. The van der Waals surface area contributed by atoms with Gasteiger partial charge in [0.15, 0.2) is 5.78 Å². The zero-order chi connectivity index (χ0) is 14.4. The lowest BCUT2D eigenvalue weighted by atomic mass is 9.86. The van der Waals surface area contributed by atoms with E-state index in [1.807, 2.05) is 45.0 Å². The molecule has 0 bridgehead atoms. The SMILES string of the molecule is CC(C)(C)C(=O)c1ccc2oc(C(C)(C)C)cc2c1. The first-order valence-corrected chi connectivity index (χ1v) is 6.68. The molecule has 2 rings (SSSR count). The Bertz CT molecular complexity index is 619. The number of furan rings is 1. The van der Waals surface area contributed by atoms with Crippen LogP contribution in [0.3, 0.4) is 0 Å². The lowest BCUT2D eigenvalue weighted by Gasteiger charge is -2.16. The predicted molar refractivity (Wildman–Crippen MR) is 78.7 cm³/mol. The Morgan fingerprint density at radius 3 is 2.16 bits per heavy atom. The van der Waals surface area contributed by atoms with E-state index < -0.39 is 0 Å². The van der Waals surface area contributed by atoms with Crippen LogP contribution in [0.25, 0.3) is 11.0 Å². The maximum atomic E-state index is 12.3. The molecule has 1 aromatic carbocycles. The molecule has 19 heavy (non-hydrogen) atoms. The minimum absolute atomic E-state index is 0.0206. The summed E-state index contributed by atoms with van der Waals surface area (Å²) in [5.74, 6) is 1.11. The summed E-state index contributed by atoms with van der Waals surface area (Å²) in [6, 6.07) is 7.71. The second-order valence-corrected chi connectivity index (χ2v) is 7.19. The predicted octanol–water partition coefficient (Wildman–Crippen LogP) is 4.96. The molecule has 1 aromatic heterocycles. The van der Waals surface area contributed by atoms with Gasteiger partial charge in [0.2, 0.25) is 0 Å². The van der Waals surface area contributed by atoms with Crippen molar-refractivity contribution in [2.24, 2.45) is 5.41 Å². The maximum Gasteiger partial charge on any atom is 0.168 e. The number of ketones is 1. The molecule has 102 valence electrons. The number of carbonyl (C=O) groups is 1. The van der Waals surface area contributed by atoms with Crippen LogP contribution >= 0.6 is 0 Å². The monoisotopic (exact) mass is 258 g/mol. The van der Waals surface area contributed by atoms with Crippen molar-refractivity contribution in [2.45, 2.75) is 47.0 Å². The molecular weight excluding hydrogens is 236 g/mol. The van der Waals surface area contributed by atoms with Gasteiger partial charge in [0.1, 0.15) is 11.3 Å². The van der Waals surface area contributed by atoms with Crippen molar-refractivity contribution in [3.05, 3.63) is 35.6 Å². The van der Waals surface area contributed by atoms with Crippen molar-refractivity contribution in [3.8, 4) is 0 Å². The van der Waals surface area contributed by atoms with E-state index in [1.54, 1.807) is 0 Å². The second kappa shape index (κ2) is 4.22. The number of hydrogen-bond acceptors (Lipinski definition) is 2. The van der Waals surface area contributed by atoms with Gasteiger partial charge in [-0.15, -0.1) is 0 Å². The fourth-order valence-electron chi connectivity index (χ4n) is 1.99. The Balaban J connectivity index is 2.50. The molecule has 0 radical (unpaired) electrons. The highest BCUT2D eigenvalue weighted by Crippen LogP contribution is 2.30. The Kier molecular flexibility index (Phi) is 3.08. The quantitative estimate of drug-likeness (QED) is 0.677. The third-order valence-electron chi connectivity index (χ3n) is 3.20. The first-order valence-electron chi connectivity index (χ1n) is 6.68. The first-order chi connectivity index (χ1) is 8.59. The number of benzene rings is 1. The fourth-order valence-corrected chi connectivity index (χ4v) is 1.99. The van der Waals surface area contributed by atoms with Crippen molar-refractivity contribution < 1.29 is 9.21 Å². The third kappa shape index (κ3) is 2.73. The van der Waals surface area contributed by atoms with E-state index in [4.69, 9.17) is 4.42 Å². The summed E-state index contributed by atoms with van der Waals surface area (Å²) in [6.07, 6.45) is 0. The van der Waals surface area contributed by atoms with Gasteiger partial charge in [-0.25, -0.2) is 0 Å². The Labute approximate surface area is 114 Å². The highest BCUT2D eigenvalue weighted by molar-refractivity contribution is 6.02. The van der Waals surface area contributed by atoms with Gasteiger partial charge in [-0.05, 0) is 24.3 Å². The van der Waals surface area contributed by atoms with Crippen molar-refractivity contribution in [1.82, 2.24) is 0 Å². The molecule has 0 unspecified atom stereocenters. The molecule has 0 aliphatic heterocycles. The van der Waals surface area contributed by atoms with Gasteiger partial charge in [0.25, 0.3) is 0 Å². The van der Waals surface area contributed by atoms with E-state index in [0.717, 1.165) is 22.3 Å². The standard InChI is InChI=1S/C17H22O2/c1-16(2,3)14-10-12-9-11(7-8-13(12)19-14)15(18)17(4,5)6/h7-10H,1-6H3. The van der Waals surface area contributed by atoms with Crippen LogP contribution in [-0.2, 0) is 5.41 Å². The van der Waals surface area contributed by atoms with Gasteiger partial charge in [-0.1, -0.05) is 41.5 Å². The summed E-state index contributed by atoms with van der Waals surface area (Å²) in [6.45, 7) is 12.2. The van der Waals surface area contributed by atoms with E-state index in [9.17, 15) is 4.79 Å². The summed E-state index contributed by atoms with van der Waals surface area (Å²) in [4.78, 5) is 12.3. The molecule has 0 N–H and O–H groups in total. The molecule has 0 aliphatic rings. The Morgan fingerprint density at radius 1 is 1.00 bits per heavy atom. The summed E-state index contributed by atoms with van der Waals surface area (Å²) >= 11 is 0. The average molecular weight is 258 g/mol. The molecule has 0 spiro atoms. The summed E-state index contributed by atoms with van der Waals surface area (Å²) in [5, 5.41) is 1.00. The largest absolute Gasteiger partial charge is 0.461 e. The molecule has 0 saturated carbocycles. The minimum Gasteiger partial charge on any atom is -0.461 e. The van der Waals surface area contributed by atoms with Crippen molar-refractivity contribution in [1.29, 1.82) is 0 Å². The van der Waals surface area contributed by atoms with Gasteiger partial charge >= 0.3 is 0 Å². The molecule has 0 amide bonds. The van der Waals surface area contributed by atoms with E-state index in [1.165, 1.54) is 0 Å². The molecule has 1 heterocycles. The van der Waals surface area contributed by atoms with E-state index in [0.29, 0.717) is 0 Å². The zero-order valence-electron chi connectivity index (χ0n) is 12.6. The highest BCUT2D eigenvalue weighted by Gasteiger charge is 2.24. The van der Waals surface area contributed by atoms with Crippen LogP contribution in [0.5, 0.6) is 0 Å². The summed E-state index contributed by atoms with van der Waals surface area (Å²) in [7, 11) is 0. The molecule has 2 heteroatoms. The van der Waals surface area contributed by atoms with Gasteiger partial charge < -0.3 is 4.42 Å². The third-order valence-corrected chi connectivity index (χ3v) is 3.20. The number of carbonyl (C=O) groups excluding carboxylic acids is 1. The number of hydrogen-bond donors (Lipinski definition) is 0. The summed E-state index contributed by atoms with van der Waals surface area (Å²) < 4.78 is 5.84. The molecule has 2 nitrogen and oxygen atoms in total. The molecule has 0 atom stereocenters. The van der Waals surface area contributed by atoms with Crippen LogP contribution in [0.4, 0.5) is 0 Å². The number of fused-ring (bicyclic) bond motifs is 1.